The third-order valence-corrected chi connectivity index (χ3v) is 1.67. The highest BCUT2D eigenvalue weighted by molar-refractivity contribution is 5.98. The van der Waals surface area contributed by atoms with Gasteiger partial charge in [0.2, 0.25) is 0 Å². The zero-order valence-corrected chi connectivity index (χ0v) is 7.85. The largest absolute Gasteiger partial charge is 0.321 e. The average molecular weight is 165 g/mol. The van der Waals surface area contributed by atoms with Gasteiger partial charge in [-0.3, -0.25) is 4.79 Å². The van der Waals surface area contributed by atoms with Gasteiger partial charge >= 0.3 is 0 Å². The molecule has 1 atom stereocenters. The fraction of sp³-hybridized carbons (Fsp3) is 0.500. The molecule has 0 saturated carbocycles. The zero-order chi connectivity index (χ0) is 9.72. The third-order valence-electron chi connectivity index (χ3n) is 1.67. The van der Waals surface area contributed by atoms with Gasteiger partial charge in [0.15, 0.2) is 5.78 Å². The first-order chi connectivity index (χ1) is 5.50. The Kier molecular flexibility index (Phi) is 4.31. The SMILES string of the molecule is C=C=C=C(C)C(=O)[C@@H](N)C(C)C. The monoisotopic (exact) mass is 165 g/mol. The highest BCUT2D eigenvalue weighted by Gasteiger charge is 2.17. The van der Waals surface area contributed by atoms with Crippen molar-refractivity contribution in [2.24, 2.45) is 11.7 Å². The van der Waals surface area contributed by atoms with Crippen LogP contribution in [0.1, 0.15) is 20.8 Å². The van der Waals surface area contributed by atoms with Crippen LogP contribution in [0.3, 0.4) is 0 Å². The van der Waals surface area contributed by atoms with E-state index in [9.17, 15) is 4.79 Å². The van der Waals surface area contributed by atoms with Gasteiger partial charge in [-0.25, -0.2) is 0 Å². The van der Waals surface area contributed by atoms with Crippen molar-refractivity contribution in [3.63, 3.8) is 0 Å². The normalized spacial score (nSPS) is 11.8. The maximum absolute atomic E-state index is 11.4. The Morgan fingerprint density at radius 3 is 2.33 bits per heavy atom. The van der Waals surface area contributed by atoms with E-state index >= 15 is 0 Å². The number of Topliss-reactive ketones (excluding diaryl/α,β-unsaturated/α-hetero) is 1. The second kappa shape index (κ2) is 4.74. The van der Waals surface area contributed by atoms with Gasteiger partial charge in [-0.1, -0.05) is 25.3 Å². The van der Waals surface area contributed by atoms with E-state index < -0.39 is 6.04 Å². The van der Waals surface area contributed by atoms with E-state index in [1.807, 2.05) is 13.8 Å². The number of hydrogen-bond acceptors (Lipinski definition) is 2. The second-order valence-corrected chi connectivity index (χ2v) is 3.06. The van der Waals surface area contributed by atoms with E-state index in [-0.39, 0.29) is 11.7 Å². The van der Waals surface area contributed by atoms with Gasteiger partial charge in [-0.2, -0.15) is 0 Å². The number of carbonyl (C=O) groups is 1. The molecule has 0 aliphatic carbocycles. The predicted octanol–water partition coefficient (Wildman–Crippen LogP) is 1.43. The molecule has 0 aromatic heterocycles. The predicted molar refractivity (Wildman–Crippen MR) is 49.7 cm³/mol. The van der Waals surface area contributed by atoms with E-state index in [2.05, 4.69) is 18.0 Å². The van der Waals surface area contributed by atoms with Crippen LogP contribution >= 0.6 is 0 Å². The Bertz CT molecular complexity index is 253. The van der Waals surface area contributed by atoms with Crippen molar-refractivity contribution >= 4 is 5.78 Å². The molecule has 0 amide bonds. The van der Waals surface area contributed by atoms with Crippen molar-refractivity contribution in [2.45, 2.75) is 26.8 Å². The van der Waals surface area contributed by atoms with Gasteiger partial charge < -0.3 is 5.73 Å². The van der Waals surface area contributed by atoms with Gasteiger partial charge in [0.05, 0.1) is 6.04 Å². The average Bonchev–Trinajstić information content (AvgIpc) is 2.02. The summed E-state index contributed by atoms with van der Waals surface area (Å²) in [6, 6.07) is -0.439. The highest BCUT2D eigenvalue weighted by Crippen LogP contribution is 2.04. The quantitative estimate of drug-likeness (QED) is 0.507. The van der Waals surface area contributed by atoms with Gasteiger partial charge in [-0.05, 0) is 19.4 Å². The molecule has 0 aromatic carbocycles. The number of rotatable bonds is 3. The molecular weight excluding hydrogens is 150 g/mol. The van der Waals surface area contributed by atoms with E-state index in [1.54, 1.807) is 6.92 Å². The Morgan fingerprint density at radius 1 is 1.50 bits per heavy atom. The summed E-state index contributed by atoms with van der Waals surface area (Å²) in [5, 5.41) is 0. The minimum absolute atomic E-state index is 0.0823. The molecule has 12 heavy (non-hydrogen) atoms. The summed E-state index contributed by atoms with van der Waals surface area (Å²) >= 11 is 0. The summed E-state index contributed by atoms with van der Waals surface area (Å²) in [6.07, 6.45) is 0. The zero-order valence-electron chi connectivity index (χ0n) is 7.85. The first kappa shape index (κ1) is 10.9. The lowest BCUT2D eigenvalue weighted by Crippen LogP contribution is -2.35. The summed E-state index contributed by atoms with van der Waals surface area (Å²) < 4.78 is 0. The van der Waals surface area contributed by atoms with Crippen molar-refractivity contribution in [3.05, 3.63) is 23.6 Å². The first-order valence-electron chi connectivity index (χ1n) is 3.92. The van der Waals surface area contributed by atoms with Crippen LogP contribution in [0, 0.1) is 5.92 Å². The van der Waals surface area contributed by atoms with Crippen molar-refractivity contribution in [3.8, 4) is 0 Å². The third kappa shape index (κ3) is 2.89. The van der Waals surface area contributed by atoms with Gasteiger partial charge in [0.25, 0.3) is 0 Å². The molecule has 2 nitrogen and oxygen atoms in total. The summed E-state index contributed by atoms with van der Waals surface area (Å²) in [5.41, 5.74) is 11.2. The van der Waals surface area contributed by atoms with Crippen LogP contribution in [0.4, 0.5) is 0 Å². The maximum atomic E-state index is 11.4. The topological polar surface area (TPSA) is 43.1 Å². The minimum Gasteiger partial charge on any atom is -0.321 e. The molecule has 0 spiro atoms. The second-order valence-electron chi connectivity index (χ2n) is 3.06. The van der Waals surface area contributed by atoms with Crippen LogP contribution in [0.2, 0.25) is 0 Å². The number of ketones is 1. The number of hydrogen-bond donors (Lipinski definition) is 1. The van der Waals surface area contributed by atoms with Crippen LogP contribution in [0.25, 0.3) is 0 Å². The molecule has 2 N–H and O–H groups in total. The van der Waals surface area contributed by atoms with Crippen molar-refractivity contribution in [1.29, 1.82) is 0 Å². The fourth-order valence-corrected chi connectivity index (χ4v) is 0.747. The standard InChI is InChI=1S/C10H15NO/c1-5-6-8(4)10(12)9(11)7(2)3/h7,9H,1,11H2,2-4H3/t9-/m0/s1. The molecule has 0 unspecified atom stereocenters. The molecule has 0 rings (SSSR count). The summed E-state index contributed by atoms with van der Waals surface area (Å²) in [4.78, 5) is 11.4. The molecular formula is C10H15NO. The number of carbonyl (C=O) groups excluding carboxylic acids is 1. The van der Waals surface area contributed by atoms with Gasteiger partial charge in [0, 0.05) is 5.57 Å². The molecule has 0 aromatic rings. The van der Waals surface area contributed by atoms with E-state index in [0.717, 1.165) is 0 Å². The summed E-state index contributed by atoms with van der Waals surface area (Å²) in [5.74, 6) is 0.0696. The maximum Gasteiger partial charge on any atom is 0.183 e. The van der Waals surface area contributed by atoms with E-state index in [4.69, 9.17) is 5.73 Å². The van der Waals surface area contributed by atoms with Gasteiger partial charge in [0.1, 0.15) is 0 Å². The highest BCUT2D eigenvalue weighted by atomic mass is 16.1. The molecule has 0 heterocycles. The van der Waals surface area contributed by atoms with Crippen molar-refractivity contribution in [1.82, 2.24) is 0 Å². The number of nitrogens with two attached hydrogens (primary N) is 1. The van der Waals surface area contributed by atoms with Crippen molar-refractivity contribution in [2.75, 3.05) is 0 Å². The molecule has 0 aliphatic heterocycles. The summed E-state index contributed by atoms with van der Waals surface area (Å²) in [6.45, 7) is 8.83. The smallest absolute Gasteiger partial charge is 0.183 e. The Morgan fingerprint density at radius 2 is 2.00 bits per heavy atom. The molecule has 0 saturated heterocycles. The van der Waals surface area contributed by atoms with Crippen LogP contribution < -0.4 is 5.73 Å². The fourth-order valence-electron chi connectivity index (χ4n) is 0.747. The molecule has 0 fully saturated rings. The lowest BCUT2D eigenvalue weighted by Gasteiger charge is -2.12. The molecule has 66 valence electrons. The molecule has 0 radical (unpaired) electrons. The van der Waals surface area contributed by atoms with Crippen LogP contribution in [0.5, 0.6) is 0 Å². The Labute approximate surface area is 73.5 Å². The van der Waals surface area contributed by atoms with Gasteiger partial charge in [-0.15, -0.1) is 0 Å². The Hall–Kier alpha value is -1.07. The lowest BCUT2D eigenvalue weighted by atomic mass is 9.97. The van der Waals surface area contributed by atoms with Crippen LogP contribution in [-0.2, 0) is 4.79 Å². The van der Waals surface area contributed by atoms with Crippen LogP contribution in [0.15, 0.2) is 23.6 Å². The Balaban J connectivity index is 4.62. The molecule has 2 heteroatoms. The summed E-state index contributed by atoms with van der Waals surface area (Å²) in [7, 11) is 0. The first-order valence-corrected chi connectivity index (χ1v) is 3.92. The minimum atomic E-state index is -0.439. The van der Waals surface area contributed by atoms with Crippen molar-refractivity contribution < 1.29 is 4.79 Å². The van der Waals surface area contributed by atoms with Crippen LogP contribution in [-0.4, -0.2) is 11.8 Å². The van der Waals surface area contributed by atoms with E-state index in [0.29, 0.717) is 5.57 Å². The lowest BCUT2D eigenvalue weighted by molar-refractivity contribution is -0.117. The molecule has 0 aliphatic rings. The molecule has 0 bridgehead atoms. The van der Waals surface area contributed by atoms with E-state index in [1.165, 1.54) is 0 Å².